The molecule has 5 nitrogen and oxygen atoms in total. The number of benzene rings is 1. The van der Waals surface area contributed by atoms with E-state index in [4.69, 9.17) is 10.00 Å². The summed E-state index contributed by atoms with van der Waals surface area (Å²) in [7, 11) is 0. The van der Waals surface area contributed by atoms with Gasteiger partial charge in [-0.15, -0.1) is 0 Å². The third-order valence-corrected chi connectivity index (χ3v) is 3.36. The van der Waals surface area contributed by atoms with Crippen molar-refractivity contribution in [1.82, 2.24) is 4.90 Å². The molecule has 1 aliphatic rings. The summed E-state index contributed by atoms with van der Waals surface area (Å²) < 4.78 is 31.9. The molecule has 1 aromatic rings. The molecule has 1 heterocycles. The molecule has 1 N–H and O–H groups in total. The molecule has 0 bridgehead atoms. The average Bonchev–Trinajstić information content (AvgIpc) is 2.48. The Morgan fingerprint density at radius 2 is 2.04 bits per heavy atom. The Morgan fingerprint density at radius 3 is 2.61 bits per heavy atom. The second-order valence-electron chi connectivity index (χ2n) is 5.41. The lowest BCUT2D eigenvalue weighted by molar-refractivity contribution is -0.138. The molecule has 2 atom stereocenters. The number of morpholine rings is 1. The topological polar surface area (TPSA) is 65.4 Å². The first-order valence-electron chi connectivity index (χ1n) is 7.17. The molecule has 0 spiro atoms. The van der Waals surface area contributed by atoms with E-state index in [-0.39, 0.29) is 23.5 Å². The zero-order valence-corrected chi connectivity index (χ0v) is 12.8. The highest BCUT2D eigenvalue weighted by molar-refractivity contribution is 5.97. The number of carbonyl (C=O) groups is 1. The van der Waals surface area contributed by atoms with E-state index in [9.17, 15) is 13.6 Å². The van der Waals surface area contributed by atoms with Crippen LogP contribution in [0.4, 0.5) is 14.5 Å². The van der Waals surface area contributed by atoms with Gasteiger partial charge in [-0.3, -0.25) is 4.79 Å². The van der Waals surface area contributed by atoms with Crippen LogP contribution in [0, 0.1) is 23.0 Å². The van der Waals surface area contributed by atoms with Gasteiger partial charge in [-0.2, -0.15) is 5.26 Å². The molecule has 1 amide bonds. The van der Waals surface area contributed by atoms with Gasteiger partial charge in [0.15, 0.2) is 0 Å². The van der Waals surface area contributed by atoms with Crippen LogP contribution in [0.2, 0.25) is 0 Å². The molecule has 0 aliphatic carbocycles. The van der Waals surface area contributed by atoms with E-state index < -0.39 is 17.5 Å². The third kappa shape index (κ3) is 4.27. The smallest absolute Gasteiger partial charge is 0.266 e. The van der Waals surface area contributed by atoms with Crippen LogP contribution in [0.15, 0.2) is 30.0 Å². The highest BCUT2D eigenvalue weighted by Gasteiger charge is 2.27. The second kappa shape index (κ2) is 7.20. The number of hydrogen-bond acceptors (Lipinski definition) is 4. The van der Waals surface area contributed by atoms with Gasteiger partial charge in [0.1, 0.15) is 23.3 Å². The standard InChI is InChI=1S/C16H17F2N3O2/c1-10-8-21(9-11(2)23-10)16(22)12(6-19)7-20-15-4-3-13(17)5-14(15)18/h3-5,7,10-11,20H,8-9H2,1-2H3/b12-7-. The van der Waals surface area contributed by atoms with Crippen molar-refractivity contribution in [1.29, 1.82) is 5.26 Å². The maximum absolute atomic E-state index is 13.5. The summed E-state index contributed by atoms with van der Waals surface area (Å²) in [6.45, 7) is 4.45. The van der Waals surface area contributed by atoms with Crippen LogP contribution in [0.1, 0.15) is 13.8 Å². The number of anilines is 1. The average molecular weight is 321 g/mol. The monoisotopic (exact) mass is 321 g/mol. The Bertz CT molecular complexity index is 660. The number of hydrogen-bond donors (Lipinski definition) is 1. The van der Waals surface area contributed by atoms with Crippen molar-refractivity contribution < 1.29 is 18.3 Å². The first-order valence-corrected chi connectivity index (χ1v) is 7.17. The molecule has 122 valence electrons. The van der Waals surface area contributed by atoms with Crippen molar-refractivity contribution in [3.05, 3.63) is 41.6 Å². The molecule has 23 heavy (non-hydrogen) atoms. The summed E-state index contributed by atoms with van der Waals surface area (Å²) in [6.07, 6.45) is 0.888. The fourth-order valence-electron chi connectivity index (χ4n) is 2.41. The van der Waals surface area contributed by atoms with Gasteiger partial charge in [0, 0.05) is 25.4 Å². The maximum atomic E-state index is 13.5. The van der Waals surface area contributed by atoms with Gasteiger partial charge in [-0.25, -0.2) is 8.78 Å². The van der Waals surface area contributed by atoms with Crippen LogP contribution in [0.25, 0.3) is 0 Å². The Labute approximate surface area is 133 Å². The Balaban J connectivity index is 2.12. The zero-order chi connectivity index (χ0) is 17.0. The molecule has 1 aliphatic heterocycles. The molecule has 1 saturated heterocycles. The van der Waals surface area contributed by atoms with Gasteiger partial charge in [0.2, 0.25) is 0 Å². The molecule has 0 aromatic heterocycles. The Morgan fingerprint density at radius 1 is 1.39 bits per heavy atom. The van der Waals surface area contributed by atoms with Gasteiger partial charge in [-0.05, 0) is 26.0 Å². The zero-order valence-electron chi connectivity index (χ0n) is 12.8. The third-order valence-electron chi connectivity index (χ3n) is 3.36. The minimum absolute atomic E-state index is 0.0179. The quantitative estimate of drug-likeness (QED) is 0.686. The van der Waals surface area contributed by atoms with Crippen LogP contribution < -0.4 is 5.32 Å². The molecule has 0 saturated carbocycles. The molecule has 1 fully saturated rings. The Kier molecular flexibility index (Phi) is 5.29. The first-order chi connectivity index (χ1) is 10.9. The second-order valence-corrected chi connectivity index (χ2v) is 5.41. The van der Waals surface area contributed by atoms with E-state index >= 15 is 0 Å². The van der Waals surface area contributed by atoms with E-state index in [0.717, 1.165) is 18.3 Å². The van der Waals surface area contributed by atoms with Crippen molar-refractivity contribution in [2.45, 2.75) is 26.1 Å². The van der Waals surface area contributed by atoms with Gasteiger partial charge in [-0.1, -0.05) is 0 Å². The fourth-order valence-corrected chi connectivity index (χ4v) is 2.41. The molecule has 7 heteroatoms. The maximum Gasteiger partial charge on any atom is 0.266 e. The fraction of sp³-hybridized carbons (Fsp3) is 0.375. The van der Waals surface area contributed by atoms with E-state index in [1.54, 1.807) is 6.07 Å². The number of nitrogens with zero attached hydrogens (tertiary/aromatic N) is 2. The van der Waals surface area contributed by atoms with Gasteiger partial charge in [0.25, 0.3) is 5.91 Å². The van der Waals surface area contributed by atoms with Gasteiger partial charge < -0.3 is 15.0 Å². The van der Waals surface area contributed by atoms with E-state index in [2.05, 4.69) is 5.32 Å². The molecular formula is C16H17F2N3O2. The minimum atomic E-state index is -0.806. The highest BCUT2D eigenvalue weighted by Crippen LogP contribution is 2.17. The lowest BCUT2D eigenvalue weighted by Gasteiger charge is -2.35. The van der Waals surface area contributed by atoms with Crippen molar-refractivity contribution in [2.75, 3.05) is 18.4 Å². The van der Waals surface area contributed by atoms with E-state index in [1.165, 1.54) is 11.0 Å². The molecule has 2 unspecified atom stereocenters. The van der Waals surface area contributed by atoms with Crippen molar-refractivity contribution in [3.63, 3.8) is 0 Å². The summed E-state index contributed by atoms with van der Waals surface area (Å²) >= 11 is 0. The normalized spacial score (nSPS) is 21.7. The summed E-state index contributed by atoms with van der Waals surface area (Å²) in [5.74, 6) is -1.96. The van der Waals surface area contributed by atoms with Crippen LogP contribution in [-0.2, 0) is 9.53 Å². The van der Waals surface area contributed by atoms with Crippen LogP contribution in [-0.4, -0.2) is 36.1 Å². The number of halogens is 2. The molecular weight excluding hydrogens is 304 g/mol. The van der Waals surface area contributed by atoms with Crippen LogP contribution in [0.3, 0.4) is 0 Å². The van der Waals surface area contributed by atoms with Gasteiger partial charge >= 0.3 is 0 Å². The number of nitriles is 1. The highest BCUT2D eigenvalue weighted by atomic mass is 19.1. The molecule has 0 radical (unpaired) electrons. The molecule has 1 aromatic carbocycles. The number of carbonyl (C=O) groups excluding carboxylic acids is 1. The number of ether oxygens (including phenoxy) is 1. The van der Waals surface area contributed by atoms with Crippen LogP contribution >= 0.6 is 0 Å². The van der Waals surface area contributed by atoms with Crippen LogP contribution in [0.5, 0.6) is 0 Å². The predicted molar refractivity (Wildman–Crippen MR) is 80.3 cm³/mol. The summed E-state index contributed by atoms with van der Waals surface area (Å²) in [4.78, 5) is 13.9. The summed E-state index contributed by atoms with van der Waals surface area (Å²) in [6, 6.07) is 4.79. The lowest BCUT2D eigenvalue weighted by Crippen LogP contribution is -2.48. The largest absolute Gasteiger partial charge is 0.372 e. The number of rotatable bonds is 3. The summed E-state index contributed by atoms with van der Waals surface area (Å²) in [5, 5.41) is 11.7. The number of nitrogens with one attached hydrogen (secondary N) is 1. The van der Waals surface area contributed by atoms with E-state index in [0.29, 0.717) is 13.1 Å². The summed E-state index contributed by atoms with van der Waals surface area (Å²) in [5.41, 5.74) is -0.175. The Hall–Kier alpha value is -2.46. The SMILES string of the molecule is CC1CN(C(=O)/C(C#N)=C\Nc2ccc(F)cc2F)CC(C)O1. The number of amides is 1. The van der Waals surface area contributed by atoms with Gasteiger partial charge in [0.05, 0.1) is 17.9 Å². The van der Waals surface area contributed by atoms with Crippen molar-refractivity contribution in [2.24, 2.45) is 0 Å². The lowest BCUT2D eigenvalue weighted by atomic mass is 10.2. The molecule has 2 rings (SSSR count). The predicted octanol–water partition coefficient (Wildman–Crippen LogP) is 2.42. The minimum Gasteiger partial charge on any atom is -0.372 e. The van der Waals surface area contributed by atoms with E-state index in [1.807, 2.05) is 13.8 Å². The van der Waals surface area contributed by atoms with Crippen molar-refractivity contribution >= 4 is 11.6 Å². The van der Waals surface area contributed by atoms with Crippen molar-refractivity contribution in [3.8, 4) is 6.07 Å². The first kappa shape index (κ1) is 16.9.